The molecule has 0 radical (unpaired) electrons. The van der Waals surface area contributed by atoms with Gasteiger partial charge in [0.25, 0.3) is 0 Å². The molecule has 16 heavy (non-hydrogen) atoms. The zero-order valence-corrected chi connectivity index (χ0v) is 11.2. The molecule has 0 spiro atoms. The minimum Gasteiger partial charge on any atom is -0.0944 e. The fourth-order valence-electron chi connectivity index (χ4n) is 1.66. The van der Waals surface area contributed by atoms with Crippen LogP contribution in [0.25, 0.3) is 16.8 Å². The van der Waals surface area contributed by atoms with Gasteiger partial charge in [-0.3, -0.25) is 0 Å². The first kappa shape index (κ1) is 11.2. The summed E-state index contributed by atoms with van der Waals surface area (Å²) in [5.74, 6) is 0. The smallest absolute Gasteiger partial charge is 0.0687 e. The van der Waals surface area contributed by atoms with E-state index in [1.54, 1.807) is 0 Å². The number of hydrogen-bond acceptors (Lipinski definition) is 0. The summed E-state index contributed by atoms with van der Waals surface area (Å²) < 4.78 is 0. The number of hydrogen-bond donors (Lipinski definition) is 0. The van der Waals surface area contributed by atoms with Crippen LogP contribution in [0.5, 0.6) is 0 Å². The van der Waals surface area contributed by atoms with E-state index in [0.717, 1.165) is 0 Å². The van der Waals surface area contributed by atoms with E-state index in [1.165, 1.54) is 16.3 Å². The molecule has 0 saturated carbocycles. The van der Waals surface area contributed by atoms with Crippen molar-refractivity contribution in [1.82, 2.24) is 0 Å². The fourth-order valence-corrected chi connectivity index (χ4v) is 2.35. The minimum absolute atomic E-state index is 1.09. The molecule has 0 N–H and O–H groups in total. The van der Waals surface area contributed by atoms with Gasteiger partial charge in [0.05, 0.1) is 8.07 Å². The summed E-state index contributed by atoms with van der Waals surface area (Å²) in [4.78, 5) is 0. The Balaban J connectivity index is 2.37. The van der Waals surface area contributed by atoms with Crippen molar-refractivity contribution in [3.05, 3.63) is 53.7 Å². The van der Waals surface area contributed by atoms with Crippen LogP contribution in [0, 0.1) is 0 Å². The van der Waals surface area contributed by atoms with Crippen LogP contribution < -0.4 is 0 Å². The Morgan fingerprint density at radius 2 is 1.56 bits per heavy atom. The molecule has 0 unspecified atom stereocenters. The molecular weight excluding hydrogens is 208 g/mol. The quantitative estimate of drug-likeness (QED) is 0.649. The molecule has 2 rings (SSSR count). The molecule has 0 fully saturated rings. The van der Waals surface area contributed by atoms with Gasteiger partial charge in [0.1, 0.15) is 0 Å². The van der Waals surface area contributed by atoms with Crippen LogP contribution in [-0.4, -0.2) is 8.07 Å². The van der Waals surface area contributed by atoms with Gasteiger partial charge in [0, 0.05) is 0 Å². The Hall–Kier alpha value is -1.34. The van der Waals surface area contributed by atoms with Crippen molar-refractivity contribution in [2.75, 3.05) is 0 Å². The first-order valence-electron chi connectivity index (χ1n) is 5.73. The average molecular weight is 226 g/mol. The molecule has 82 valence electrons. The highest BCUT2D eigenvalue weighted by Crippen LogP contribution is 2.17. The van der Waals surface area contributed by atoms with E-state index in [1.807, 2.05) is 0 Å². The van der Waals surface area contributed by atoms with Gasteiger partial charge in [-0.15, -0.1) is 0 Å². The summed E-state index contributed by atoms with van der Waals surface area (Å²) in [6.45, 7) is 7.06. The minimum atomic E-state index is -1.09. The number of fused-ring (bicyclic) bond motifs is 1. The van der Waals surface area contributed by atoms with Gasteiger partial charge in [0.15, 0.2) is 0 Å². The van der Waals surface area contributed by atoms with Crippen molar-refractivity contribution in [3.8, 4) is 0 Å². The van der Waals surface area contributed by atoms with E-state index in [9.17, 15) is 0 Å². The van der Waals surface area contributed by atoms with Crippen molar-refractivity contribution >= 4 is 24.9 Å². The zero-order chi connectivity index (χ0) is 11.6. The Labute approximate surface area is 98.6 Å². The summed E-state index contributed by atoms with van der Waals surface area (Å²) in [7, 11) is -1.09. The lowest BCUT2D eigenvalue weighted by molar-refractivity contribution is 1.70. The highest BCUT2D eigenvalue weighted by molar-refractivity contribution is 6.81. The van der Waals surface area contributed by atoms with Crippen LogP contribution in [0.1, 0.15) is 5.56 Å². The largest absolute Gasteiger partial charge is 0.0944 e. The second-order valence-electron chi connectivity index (χ2n) is 5.31. The maximum Gasteiger partial charge on any atom is 0.0687 e. The maximum absolute atomic E-state index is 2.39. The van der Waals surface area contributed by atoms with Crippen LogP contribution in [0.2, 0.25) is 19.6 Å². The Morgan fingerprint density at radius 3 is 2.25 bits per heavy atom. The van der Waals surface area contributed by atoms with Gasteiger partial charge >= 0.3 is 0 Å². The zero-order valence-electron chi connectivity index (χ0n) is 10.2. The molecule has 0 aliphatic heterocycles. The molecule has 0 amide bonds. The number of rotatable bonds is 2. The van der Waals surface area contributed by atoms with Crippen molar-refractivity contribution in [2.45, 2.75) is 19.6 Å². The van der Waals surface area contributed by atoms with Crippen molar-refractivity contribution in [1.29, 1.82) is 0 Å². The fraction of sp³-hybridized carbons (Fsp3) is 0.200. The summed E-state index contributed by atoms with van der Waals surface area (Å²) >= 11 is 0. The predicted molar refractivity (Wildman–Crippen MR) is 76.3 cm³/mol. The van der Waals surface area contributed by atoms with Crippen molar-refractivity contribution < 1.29 is 0 Å². The van der Waals surface area contributed by atoms with Crippen molar-refractivity contribution in [3.63, 3.8) is 0 Å². The predicted octanol–water partition coefficient (Wildman–Crippen LogP) is 4.73. The van der Waals surface area contributed by atoms with Gasteiger partial charge in [-0.1, -0.05) is 67.8 Å². The maximum atomic E-state index is 2.39. The lowest BCUT2D eigenvalue weighted by Gasteiger charge is -2.08. The Morgan fingerprint density at radius 1 is 0.875 bits per heavy atom. The molecule has 0 aliphatic carbocycles. The van der Waals surface area contributed by atoms with E-state index in [-0.39, 0.29) is 0 Å². The van der Waals surface area contributed by atoms with Gasteiger partial charge in [-0.05, 0) is 22.4 Å². The van der Waals surface area contributed by atoms with E-state index >= 15 is 0 Å². The average Bonchev–Trinajstić information content (AvgIpc) is 2.25. The molecule has 0 bridgehead atoms. The van der Waals surface area contributed by atoms with Crippen LogP contribution in [0.3, 0.4) is 0 Å². The molecule has 2 aromatic carbocycles. The molecule has 0 saturated heterocycles. The molecule has 2 aromatic rings. The first-order valence-corrected chi connectivity index (χ1v) is 9.30. The van der Waals surface area contributed by atoms with Gasteiger partial charge in [-0.25, -0.2) is 0 Å². The van der Waals surface area contributed by atoms with E-state index in [0.29, 0.717) is 0 Å². The molecule has 0 nitrogen and oxygen atoms in total. The monoisotopic (exact) mass is 226 g/mol. The van der Waals surface area contributed by atoms with E-state index in [4.69, 9.17) is 0 Å². The van der Waals surface area contributed by atoms with E-state index in [2.05, 4.69) is 73.9 Å². The van der Waals surface area contributed by atoms with Crippen LogP contribution >= 0.6 is 0 Å². The van der Waals surface area contributed by atoms with Crippen LogP contribution in [0.4, 0.5) is 0 Å². The molecule has 0 atom stereocenters. The SMILES string of the molecule is C[Si](C)(C)/C=C\c1ccc2ccccc2c1. The Bertz CT molecular complexity index is 518. The summed E-state index contributed by atoms with van der Waals surface area (Å²) in [5.41, 5.74) is 3.69. The molecule has 1 heteroatoms. The molecule has 0 aliphatic rings. The van der Waals surface area contributed by atoms with Gasteiger partial charge in [0.2, 0.25) is 0 Å². The third-order valence-corrected chi connectivity index (χ3v) is 3.72. The standard InChI is InChI=1S/C15H18Si/c1-16(2,3)11-10-13-8-9-14-6-4-5-7-15(14)12-13/h4-12H,1-3H3/b11-10-. The number of benzene rings is 2. The van der Waals surface area contributed by atoms with Crippen LogP contribution in [-0.2, 0) is 0 Å². The van der Waals surface area contributed by atoms with Crippen LogP contribution in [0.15, 0.2) is 48.2 Å². The third-order valence-electron chi connectivity index (χ3n) is 2.55. The van der Waals surface area contributed by atoms with Crippen molar-refractivity contribution in [2.24, 2.45) is 0 Å². The lowest BCUT2D eigenvalue weighted by Crippen LogP contribution is -2.15. The summed E-state index contributed by atoms with van der Waals surface area (Å²) in [6.07, 6.45) is 2.26. The topological polar surface area (TPSA) is 0 Å². The molecule has 0 aromatic heterocycles. The first-order chi connectivity index (χ1) is 7.54. The second kappa shape index (κ2) is 4.26. The summed E-state index contributed by atoms with van der Waals surface area (Å²) in [6, 6.07) is 15.1. The van der Waals surface area contributed by atoms with Gasteiger partial charge < -0.3 is 0 Å². The lowest BCUT2D eigenvalue weighted by atomic mass is 10.1. The van der Waals surface area contributed by atoms with E-state index < -0.39 is 8.07 Å². The molecule has 0 heterocycles. The molecular formula is C15H18Si. The highest BCUT2D eigenvalue weighted by atomic mass is 28.3. The summed E-state index contributed by atoms with van der Waals surface area (Å²) in [5, 5.41) is 2.63. The third kappa shape index (κ3) is 2.83. The van der Waals surface area contributed by atoms with Gasteiger partial charge in [-0.2, -0.15) is 0 Å². The Kier molecular flexibility index (Phi) is 2.97. The second-order valence-corrected chi connectivity index (χ2v) is 10.4. The normalized spacial score (nSPS) is 12.4. The highest BCUT2D eigenvalue weighted by Gasteiger charge is 2.06.